The van der Waals surface area contributed by atoms with E-state index in [0.29, 0.717) is 12.8 Å². The van der Waals surface area contributed by atoms with E-state index >= 15 is 0 Å². The Bertz CT molecular complexity index is 609. The summed E-state index contributed by atoms with van der Waals surface area (Å²) in [6.07, 6.45) is 29.1. The van der Waals surface area contributed by atoms with Gasteiger partial charge in [-0.25, -0.2) is 0 Å². The highest BCUT2D eigenvalue weighted by Crippen LogP contribution is 2.15. The third-order valence-corrected chi connectivity index (χ3v) is 7.69. The second kappa shape index (κ2) is 29.3. The summed E-state index contributed by atoms with van der Waals surface area (Å²) in [4.78, 5) is 12.4. The molecule has 5 N–H and O–H groups in total. The largest absolute Gasteiger partial charge is 0.394 e. The summed E-state index contributed by atoms with van der Waals surface area (Å²) in [6, 6.07) is -0.987. The van der Waals surface area contributed by atoms with Crippen LogP contribution in [0.1, 0.15) is 155 Å². The van der Waals surface area contributed by atoms with E-state index in [1.165, 1.54) is 64.2 Å². The van der Waals surface area contributed by atoms with Gasteiger partial charge in [-0.15, -0.1) is 0 Å². The molecule has 0 saturated carbocycles. The molecule has 236 valence electrons. The van der Waals surface area contributed by atoms with E-state index < -0.39 is 36.9 Å². The van der Waals surface area contributed by atoms with E-state index in [4.69, 9.17) is 0 Å². The summed E-state index contributed by atoms with van der Waals surface area (Å²) < 4.78 is 0. The van der Waals surface area contributed by atoms with Crippen molar-refractivity contribution in [3.05, 3.63) is 24.3 Å². The summed E-state index contributed by atoms with van der Waals surface area (Å²) in [5, 5.41) is 43.2. The molecule has 40 heavy (non-hydrogen) atoms. The molecular formula is C34H65NO5. The van der Waals surface area contributed by atoms with Crippen molar-refractivity contribution in [3.63, 3.8) is 0 Å². The standard InChI is InChI=1S/C34H65NO5/c1-3-5-7-9-11-13-15-16-17-18-20-22-24-26-28-32(38)34(40)35-30(29-36)33(39)31(37)27-25-23-21-19-14-12-10-8-6-4-2/h11,13,15-16,30-33,36-39H,3-10,12,14,17-29H2,1-2H3,(H,35,40)/b13-11-,16-15-. The zero-order chi connectivity index (χ0) is 29.7. The van der Waals surface area contributed by atoms with Gasteiger partial charge in [-0.05, 0) is 38.5 Å². The molecule has 0 saturated heterocycles. The fourth-order valence-corrected chi connectivity index (χ4v) is 4.92. The number of carbonyl (C=O) groups is 1. The van der Waals surface area contributed by atoms with Gasteiger partial charge < -0.3 is 25.7 Å². The normalized spacial score (nSPS) is 15.1. The summed E-state index contributed by atoms with van der Waals surface area (Å²) in [5.41, 5.74) is 0. The van der Waals surface area contributed by atoms with Crippen LogP contribution in [0.25, 0.3) is 0 Å². The molecule has 1 amide bonds. The Kier molecular flexibility index (Phi) is 28.4. The number of rotatable bonds is 29. The van der Waals surface area contributed by atoms with Crippen molar-refractivity contribution in [3.8, 4) is 0 Å². The highest BCUT2D eigenvalue weighted by molar-refractivity contribution is 5.80. The van der Waals surface area contributed by atoms with Crippen molar-refractivity contribution < 1.29 is 25.2 Å². The SMILES string of the molecule is CCCCC/C=C\C=C/CCCCCCCC(O)C(=O)NC(CO)C(O)C(O)CCCCCCCCCCCC. The van der Waals surface area contributed by atoms with Gasteiger partial charge in [0.2, 0.25) is 5.91 Å². The van der Waals surface area contributed by atoms with Crippen LogP contribution in [0.2, 0.25) is 0 Å². The molecule has 4 unspecified atom stereocenters. The molecule has 0 spiro atoms. The van der Waals surface area contributed by atoms with Crippen molar-refractivity contribution in [2.75, 3.05) is 6.61 Å². The molecule has 6 nitrogen and oxygen atoms in total. The second-order valence-corrected chi connectivity index (χ2v) is 11.5. The predicted octanol–water partition coefficient (Wildman–Crippen LogP) is 7.28. The van der Waals surface area contributed by atoms with Crippen LogP contribution >= 0.6 is 0 Å². The first-order valence-corrected chi connectivity index (χ1v) is 16.7. The fourth-order valence-electron chi connectivity index (χ4n) is 4.92. The molecule has 0 aliphatic heterocycles. The smallest absolute Gasteiger partial charge is 0.249 e. The molecule has 0 rings (SSSR count). The maximum absolute atomic E-state index is 12.4. The number of amides is 1. The van der Waals surface area contributed by atoms with Crippen LogP contribution in [0.3, 0.4) is 0 Å². The van der Waals surface area contributed by atoms with Crippen molar-refractivity contribution in [2.24, 2.45) is 0 Å². The molecule has 0 aliphatic carbocycles. The van der Waals surface area contributed by atoms with Crippen molar-refractivity contribution in [2.45, 2.75) is 179 Å². The van der Waals surface area contributed by atoms with Gasteiger partial charge in [0.25, 0.3) is 0 Å². The Hall–Kier alpha value is -1.21. The highest BCUT2D eigenvalue weighted by atomic mass is 16.3. The number of hydrogen-bond acceptors (Lipinski definition) is 5. The first-order chi connectivity index (χ1) is 19.5. The predicted molar refractivity (Wildman–Crippen MR) is 168 cm³/mol. The van der Waals surface area contributed by atoms with Crippen molar-refractivity contribution in [1.82, 2.24) is 5.32 Å². The van der Waals surface area contributed by atoms with Gasteiger partial charge in [0, 0.05) is 0 Å². The van der Waals surface area contributed by atoms with Crippen LogP contribution in [0.4, 0.5) is 0 Å². The molecule has 4 atom stereocenters. The first-order valence-electron chi connectivity index (χ1n) is 16.7. The Balaban J connectivity index is 3.91. The molecular weight excluding hydrogens is 502 g/mol. The minimum Gasteiger partial charge on any atom is -0.394 e. The minimum atomic E-state index is -1.26. The maximum Gasteiger partial charge on any atom is 0.249 e. The van der Waals surface area contributed by atoms with Gasteiger partial charge in [-0.1, -0.05) is 141 Å². The van der Waals surface area contributed by atoms with E-state index in [0.717, 1.165) is 64.2 Å². The van der Waals surface area contributed by atoms with Crippen LogP contribution in [0, 0.1) is 0 Å². The molecule has 0 heterocycles. The molecule has 0 aromatic heterocycles. The lowest BCUT2D eigenvalue weighted by atomic mass is 9.99. The van der Waals surface area contributed by atoms with Crippen LogP contribution in [-0.2, 0) is 4.79 Å². The molecule has 6 heteroatoms. The molecule has 0 bridgehead atoms. The summed E-state index contributed by atoms with van der Waals surface area (Å²) in [7, 11) is 0. The zero-order valence-electron chi connectivity index (χ0n) is 26.1. The zero-order valence-corrected chi connectivity index (χ0v) is 26.1. The van der Waals surface area contributed by atoms with Crippen LogP contribution in [-0.4, -0.2) is 57.3 Å². The minimum absolute atomic E-state index is 0.351. The summed E-state index contributed by atoms with van der Waals surface area (Å²) in [6.45, 7) is 3.96. The van der Waals surface area contributed by atoms with Gasteiger partial charge in [0.15, 0.2) is 0 Å². The second-order valence-electron chi connectivity index (χ2n) is 11.5. The van der Waals surface area contributed by atoms with Crippen LogP contribution < -0.4 is 5.32 Å². The van der Waals surface area contributed by atoms with Crippen molar-refractivity contribution in [1.29, 1.82) is 0 Å². The Morgan fingerprint density at radius 1 is 0.625 bits per heavy atom. The topological polar surface area (TPSA) is 110 Å². The van der Waals surface area contributed by atoms with Crippen LogP contribution in [0.5, 0.6) is 0 Å². The molecule has 0 aliphatic rings. The number of aliphatic hydroxyl groups excluding tert-OH is 4. The van der Waals surface area contributed by atoms with E-state index in [-0.39, 0.29) is 0 Å². The quantitative estimate of drug-likeness (QED) is 0.0482. The van der Waals surface area contributed by atoms with Gasteiger partial charge in [-0.3, -0.25) is 4.79 Å². The average molecular weight is 568 g/mol. The first kappa shape index (κ1) is 38.8. The maximum atomic E-state index is 12.4. The number of allylic oxidation sites excluding steroid dienone is 4. The third-order valence-electron chi connectivity index (χ3n) is 7.69. The molecule has 0 aromatic carbocycles. The Morgan fingerprint density at radius 2 is 1.05 bits per heavy atom. The number of carbonyl (C=O) groups excluding carboxylic acids is 1. The van der Waals surface area contributed by atoms with E-state index in [1.807, 2.05) is 0 Å². The van der Waals surface area contributed by atoms with Gasteiger partial charge in [0.05, 0.1) is 18.8 Å². The van der Waals surface area contributed by atoms with Crippen molar-refractivity contribution >= 4 is 5.91 Å². The number of nitrogens with one attached hydrogen (secondary N) is 1. The highest BCUT2D eigenvalue weighted by Gasteiger charge is 2.28. The molecule has 0 radical (unpaired) electrons. The lowest BCUT2D eigenvalue weighted by Crippen LogP contribution is -2.53. The summed E-state index contributed by atoms with van der Waals surface area (Å²) in [5.74, 6) is -0.600. The summed E-state index contributed by atoms with van der Waals surface area (Å²) >= 11 is 0. The molecule has 0 fully saturated rings. The lowest BCUT2D eigenvalue weighted by molar-refractivity contribution is -0.132. The number of hydrogen-bond donors (Lipinski definition) is 5. The van der Waals surface area contributed by atoms with Crippen LogP contribution in [0.15, 0.2) is 24.3 Å². The van der Waals surface area contributed by atoms with Gasteiger partial charge in [-0.2, -0.15) is 0 Å². The monoisotopic (exact) mass is 567 g/mol. The van der Waals surface area contributed by atoms with Gasteiger partial charge in [0.1, 0.15) is 12.2 Å². The number of unbranched alkanes of at least 4 members (excludes halogenated alkanes) is 17. The number of aliphatic hydroxyl groups is 4. The lowest BCUT2D eigenvalue weighted by Gasteiger charge is -2.27. The fraction of sp³-hybridized carbons (Fsp3) is 0.853. The Morgan fingerprint density at radius 3 is 1.57 bits per heavy atom. The van der Waals surface area contributed by atoms with E-state index in [1.54, 1.807) is 0 Å². The molecule has 0 aromatic rings. The third kappa shape index (κ3) is 23.5. The van der Waals surface area contributed by atoms with E-state index in [2.05, 4.69) is 43.5 Å². The van der Waals surface area contributed by atoms with Gasteiger partial charge >= 0.3 is 0 Å². The Labute approximate surface area is 246 Å². The average Bonchev–Trinajstić information content (AvgIpc) is 2.96. The van der Waals surface area contributed by atoms with E-state index in [9.17, 15) is 25.2 Å².